The number of aromatic nitrogens is 1. The molecule has 0 saturated carbocycles. The third-order valence-corrected chi connectivity index (χ3v) is 2.52. The van der Waals surface area contributed by atoms with Gasteiger partial charge < -0.3 is 5.73 Å². The minimum absolute atomic E-state index is 0.266. The minimum atomic E-state index is -0.266. The predicted octanol–water partition coefficient (Wildman–Crippen LogP) is 2.83. The van der Waals surface area contributed by atoms with Crippen molar-refractivity contribution < 1.29 is 4.39 Å². The van der Waals surface area contributed by atoms with E-state index in [0.29, 0.717) is 11.1 Å². The molecule has 0 bridgehead atoms. The van der Waals surface area contributed by atoms with E-state index in [0.717, 1.165) is 23.2 Å². The van der Waals surface area contributed by atoms with Crippen molar-refractivity contribution in [3.63, 3.8) is 0 Å². The highest BCUT2D eigenvalue weighted by atomic mass is 19.1. The first-order valence-corrected chi connectivity index (χ1v) is 4.97. The first-order chi connectivity index (χ1) is 7.11. The second-order valence-corrected chi connectivity index (χ2v) is 3.68. The molecule has 1 aromatic heterocycles. The second kappa shape index (κ2) is 3.50. The molecule has 2 nitrogen and oxygen atoms in total. The zero-order valence-corrected chi connectivity index (χ0v) is 8.84. The quantitative estimate of drug-likeness (QED) is 0.775. The van der Waals surface area contributed by atoms with Gasteiger partial charge >= 0.3 is 0 Å². The number of aryl methyl sites for hydroxylation is 2. The fourth-order valence-electron chi connectivity index (χ4n) is 1.72. The van der Waals surface area contributed by atoms with E-state index >= 15 is 0 Å². The Morgan fingerprint density at radius 2 is 2.07 bits per heavy atom. The Morgan fingerprint density at radius 3 is 2.73 bits per heavy atom. The molecule has 0 spiro atoms. The number of nitrogens with two attached hydrogens (primary N) is 1. The summed E-state index contributed by atoms with van der Waals surface area (Å²) in [4.78, 5) is 4.45. The third kappa shape index (κ3) is 1.65. The van der Waals surface area contributed by atoms with Crippen molar-refractivity contribution in [1.82, 2.24) is 4.98 Å². The summed E-state index contributed by atoms with van der Waals surface area (Å²) in [6.07, 6.45) is 0.830. The molecule has 2 rings (SSSR count). The Balaban J connectivity index is 2.85. The van der Waals surface area contributed by atoms with E-state index in [4.69, 9.17) is 5.73 Å². The van der Waals surface area contributed by atoms with Crippen molar-refractivity contribution in [2.75, 3.05) is 5.73 Å². The van der Waals surface area contributed by atoms with Crippen LogP contribution in [0.4, 0.5) is 10.1 Å². The average Bonchev–Trinajstić information content (AvgIpc) is 2.19. The summed E-state index contributed by atoms with van der Waals surface area (Å²) in [6, 6.07) is 4.72. The average molecular weight is 204 g/mol. The minimum Gasteiger partial charge on any atom is -0.398 e. The molecule has 2 aromatic rings. The van der Waals surface area contributed by atoms with E-state index in [-0.39, 0.29) is 5.82 Å². The van der Waals surface area contributed by atoms with Crippen LogP contribution in [0.5, 0.6) is 0 Å². The van der Waals surface area contributed by atoms with Crippen molar-refractivity contribution >= 4 is 16.6 Å². The molecular weight excluding hydrogens is 191 g/mol. The molecule has 0 atom stereocenters. The van der Waals surface area contributed by atoms with Gasteiger partial charge in [0.1, 0.15) is 5.82 Å². The van der Waals surface area contributed by atoms with Gasteiger partial charge in [0.25, 0.3) is 0 Å². The number of nitrogens with zero attached hydrogens (tertiary/aromatic N) is 1. The Kier molecular flexibility index (Phi) is 2.31. The number of nitrogen functional groups attached to an aromatic ring is 1. The van der Waals surface area contributed by atoms with Crippen LogP contribution in [-0.2, 0) is 6.42 Å². The number of rotatable bonds is 1. The lowest BCUT2D eigenvalue weighted by molar-refractivity contribution is 0.628. The summed E-state index contributed by atoms with van der Waals surface area (Å²) < 4.78 is 13.2. The maximum atomic E-state index is 13.2. The van der Waals surface area contributed by atoms with Gasteiger partial charge in [-0.1, -0.05) is 6.92 Å². The highest BCUT2D eigenvalue weighted by molar-refractivity contribution is 5.92. The first-order valence-electron chi connectivity index (χ1n) is 4.97. The summed E-state index contributed by atoms with van der Waals surface area (Å²) in [5.74, 6) is -0.266. The molecule has 0 radical (unpaired) electrons. The van der Waals surface area contributed by atoms with Crippen LogP contribution >= 0.6 is 0 Å². The van der Waals surface area contributed by atoms with Gasteiger partial charge in [0.15, 0.2) is 0 Å². The van der Waals surface area contributed by atoms with Crippen LogP contribution in [0.2, 0.25) is 0 Å². The number of fused-ring (bicyclic) bond motifs is 1. The number of pyridine rings is 1. The van der Waals surface area contributed by atoms with E-state index < -0.39 is 0 Å². The zero-order valence-electron chi connectivity index (χ0n) is 8.84. The van der Waals surface area contributed by atoms with Gasteiger partial charge in [0.05, 0.1) is 5.52 Å². The maximum absolute atomic E-state index is 13.2. The Labute approximate surface area is 87.9 Å². The summed E-state index contributed by atoms with van der Waals surface area (Å²) in [7, 11) is 0. The monoisotopic (exact) mass is 204 g/mol. The topological polar surface area (TPSA) is 38.9 Å². The highest BCUT2D eigenvalue weighted by Crippen LogP contribution is 2.24. The summed E-state index contributed by atoms with van der Waals surface area (Å²) in [5.41, 5.74) is 9.03. The molecule has 0 unspecified atom stereocenters. The number of hydrogen-bond donors (Lipinski definition) is 1. The molecule has 0 saturated heterocycles. The lowest BCUT2D eigenvalue weighted by Gasteiger charge is -2.07. The van der Waals surface area contributed by atoms with Crippen LogP contribution in [0.3, 0.4) is 0 Å². The maximum Gasteiger partial charge on any atom is 0.124 e. The molecule has 0 aliphatic carbocycles. The van der Waals surface area contributed by atoms with Crippen molar-refractivity contribution in [1.29, 1.82) is 0 Å². The molecule has 78 valence electrons. The molecule has 1 heterocycles. The van der Waals surface area contributed by atoms with E-state index in [1.165, 1.54) is 12.1 Å². The summed E-state index contributed by atoms with van der Waals surface area (Å²) in [5, 5.41) is 0.699. The highest BCUT2D eigenvalue weighted by Gasteiger charge is 2.06. The predicted molar refractivity (Wildman–Crippen MR) is 60.2 cm³/mol. The van der Waals surface area contributed by atoms with E-state index in [9.17, 15) is 4.39 Å². The van der Waals surface area contributed by atoms with Crippen molar-refractivity contribution in [3.05, 3.63) is 35.3 Å². The van der Waals surface area contributed by atoms with Crippen LogP contribution in [0, 0.1) is 12.7 Å². The number of halogens is 1. The van der Waals surface area contributed by atoms with Gasteiger partial charge in [-0.3, -0.25) is 4.98 Å². The fourth-order valence-corrected chi connectivity index (χ4v) is 1.72. The van der Waals surface area contributed by atoms with Gasteiger partial charge in [0.2, 0.25) is 0 Å². The van der Waals surface area contributed by atoms with Crippen LogP contribution in [0.25, 0.3) is 10.9 Å². The second-order valence-electron chi connectivity index (χ2n) is 3.68. The van der Waals surface area contributed by atoms with Crippen LogP contribution < -0.4 is 5.73 Å². The standard InChI is InChI=1S/C12H13FN2/c1-3-9-6-11(14)10-5-8(13)4-7(2)12(10)15-9/h4-6H,3H2,1-2H3,(H2,14,15). The van der Waals surface area contributed by atoms with Crippen LogP contribution in [0.15, 0.2) is 18.2 Å². The number of benzene rings is 1. The van der Waals surface area contributed by atoms with Crippen molar-refractivity contribution in [2.45, 2.75) is 20.3 Å². The molecule has 15 heavy (non-hydrogen) atoms. The first kappa shape index (κ1) is 9.90. The molecule has 0 aliphatic heterocycles. The Hall–Kier alpha value is -1.64. The summed E-state index contributed by atoms with van der Waals surface area (Å²) in [6.45, 7) is 3.86. The Morgan fingerprint density at radius 1 is 1.33 bits per heavy atom. The molecule has 1 aromatic carbocycles. The largest absolute Gasteiger partial charge is 0.398 e. The van der Waals surface area contributed by atoms with Crippen LogP contribution in [0.1, 0.15) is 18.2 Å². The van der Waals surface area contributed by atoms with Gasteiger partial charge in [-0.2, -0.15) is 0 Å². The molecular formula is C12H13FN2. The number of hydrogen-bond acceptors (Lipinski definition) is 2. The van der Waals surface area contributed by atoms with E-state index in [1.807, 2.05) is 13.8 Å². The van der Waals surface area contributed by atoms with E-state index in [1.54, 1.807) is 6.07 Å². The Bertz CT molecular complexity index is 521. The van der Waals surface area contributed by atoms with Gasteiger partial charge in [0, 0.05) is 16.8 Å². The molecule has 0 fully saturated rings. The third-order valence-electron chi connectivity index (χ3n) is 2.52. The molecule has 3 heteroatoms. The van der Waals surface area contributed by atoms with Crippen molar-refractivity contribution in [2.24, 2.45) is 0 Å². The normalized spacial score (nSPS) is 10.9. The van der Waals surface area contributed by atoms with Crippen molar-refractivity contribution in [3.8, 4) is 0 Å². The SMILES string of the molecule is CCc1cc(N)c2cc(F)cc(C)c2n1. The number of anilines is 1. The zero-order chi connectivity index (χ0) is 11.0. The lowest BCUT2D eigenvalue weighted by atomic mass is 10.1. The lowest BCUT2D eigenvalue weighted by Crippen LogP contribution is -1.96. The van der Waals surface area contributed by atoms with E-state index in [2.05, 4.69) is 4.98 Å². The fraction of sp³-hybridized carbons (Fsp3) is 0.250. The molecule has 0 amide bonds. The van der Waals surface area contributed by atoms with Gasteiger partial charge in [-0.25, -0.2) is 4.39 Å². The summed E-state index contributed by atoms with van der Waals surface area (Å²) >= 11 is 0. The van der Waals surface area contributed by atoms with Crippen LogP contribution in [-0.4, -0.2) is 4.98 Å². The molecule has 0 aliphatic rings. The smallest absolute Gasteiger partial charge is 0.124 e. The van der Waals surface area contributed by atoms with Gasteiger partial charge in [-0.15, -0.1) is 0 Å². The molecule has 2 N–H and O–H groups in total. The van der Waals surface area contributed by atoms with Gasteiger partial charge in [-0.05, 0) is 37.1 Å².